The molecular formula is C15H17N3O2. The van der Waals surface area contributed by atoms with Gasteiger partial charge in [-0.25, -0.2) is 0 Å². The van der Waals surface area contributed by atoms with E-state index in [1.807, 2.05) is 37.3 Å². The molecule has 104 valence electrons. The van der Waals surface area contributed by atoms with Crippen molar-refractivity contribution < 1.29 is 9.59 Å². The third-order valence-electron chi connectivity index (χ3n) is 3.39. The van der Waals surface area contributed by atoms with Gasteiger partial charge in [0.15, 0.2) is 0 Å². The molecule has 0 spiro atoms. The molecule has 1 N–H and O–H groups in total. The minimum Gasteiger partial charge on any atom is -0.340 e. The van der Waals surface area contributed by atoms with Gasteiger partial charge >= 0.3 is 0 Å². The van der Waals surface area contributed by atoms with E-state index in [2.05, 4.69) is 5.32 Å². The molecule has 0 bridgehead atoms. The van der Waals surface area contributed by atoms with Gasteiger partial charge in [0.05, 0.1) is 12.0 Å². The fourth-order valence-corrected chi connectivity index (χ4v) is 2.22. The highest BCUT2D eigenvalue weighted by Crippen LogP contribution is 2.25. The molecule has 1 aromatic rings. The second-order valence-corrected chi connectivity index (χ2v) is 5.10. The lowest BCUT2D eigenvalue weighted by molar-refractivity contribution is -0.126. The Morgan fingerprint density at radius 3 is 2.70 bits per heavy atom. The van der Waals surface area contributed by atoms with E-state index >= 15 is 0 Å². The summed E-state index contributed by atoms with van der Waals surface area (Å²) < 4.78 is 0. The zero-order valence-corrected chi connectivity index (χ0v) is 11.6. The van der Waals surface area contributed by atoms with Crippen molar-refractivity contribution >= 4 is 17.5 Å². The molecule has 20 heavy (non-hydrogen) atoms. The molecule has 0 aliphatic carbocycles. The van der Waals surface area contributed by atoms with Gasteiger partial charge in [-0.2, -0.15) is 5.26 Å². The Balaban J connectivity index is 2.06. The summed E-state index contributed by atoms with van der Waals surface area (Å²) in [6.45, 7) is 3.97. The monoisotopic (exact) mass is 271 g/mol. The van der Waals surface area contributed by atoms with Gasteiger partial charge in [0.2, 0.25) is 11.8 Å². The highest BCUT2D eigenvalue weighted by molar-refractivity contribution is 6.00. The van der Waals surface area contributed by atoms with E-state index in [9.17, 15) is 9.59 Å². The van der Waals surface area contributed by atoms with E-state index in [1.165, 1.54) is 0 Å². The van der Waals surface area contributed by atoms with Crippen LogP contribution in [0.15, 0.2) is 24.3 Å². The molecule has 0 aromatic heterocycles. The molecule has 0 saturated carbocycles. The summed E-state index contributed by atoms with van der Waals surface area (Å²) in [7, 11) is 0. The van der Waals surface area contributed by atoms with E-state index in [0.717, 1.165) is 11.3 Å². The number of benzene rings is 1. The smallest absolute Gasteiger partial charge is 0.227 e. The molecule has 1 aromatic carbocycles. The maximum absolute atomic E-state index is 12.0. The molecule has 1 saturated heterocycles. The fraction of sp³-hybridized carbons (Fsp3) is 0.400. The number of aryl methyl sites for hydroxylation is 1. The number of carbonyl (C=O) groups is 2. The number of nitrogens with one attached hydrogen (secondary N) is 1. The van der Waals surface area contributed by atoms with Crippen molar-refractivity contribution in [1.29, 1.82) is 5.26 Å². The summed E-state index contributed by atoms with van der Waals surface area (Å²) >= 11 is 0. The van der Waals surface area contributed by atoms with Crippen LogP contribution in [0, 0.1) is 24.2 Å². The molecule has 1 fully saturated rings. The van der Waals surface area contributed by atoms with Gasteiger partial charge in [0.25, 0.3) is 0 Å². The third-order valence-corrected chi connectivity index (χ3v) is 3.39. The minimum absolute atomic E-state index is 0.0568. The summed E-state index contributed by atoms with van der Waals surface area (Å²) in [5.74, 6) is -0.680. The van der Waals surface area contributed by atoms with E-state index in [1.54, 1.807) is 11.8 Å². The van der Waals surface area contributed by atoms with Gasteiger partial charge in [-0.05, 0) is 26.0 Å². The summed E-state index contributed by atoms with van der Waals surface area (Å²) in [6.07, 6.45) is 0.192. The van der Waals surface area contributed by atoms with Gasteiger partial charge in [0.1, 0.15) is 6.04 Å². The molecule has 2 amide bonds. The van der Waals surface area contributed by atoms with E-state index < -0.39 is 6.04 Å². The third kappa shape index (κ3) is 2.97. The quantitative estimate of drug-likeness (QED) is 0.902. The van der Waals surface area contributed by atoms with E-state index in [0.29, 0.717) is 6.54 Å². The van der Waals surface area contributed by atoms with Crippen LogP contribution in [0.4, 0.5) is 5.69 Å². The lowest BCUT2D eigenvalue weighted by Crippen LogP contribution is -2.37. The first kappa shape index (κ1) is 14.1. The number of anilines is 1. The Labute approximate surface area is 118 Å². The van der Waals surface area contributed by atoms with Crippen LogP contribution < -0.4 is 10.2 Å². The van der Waals surface area contributed by atoms with Crippen molar-refractivity contribution in [3.05, 3.63) is 29.8 Å². The molecule has 1 aliphatic rings. The summed E-state index contributed by atoms with van der Waals surface area (Å²) in [4.78, 5) is 25.6. The van der Waals surface area contributed by atoms with Crippen LogP contribution in [0.5, 0.6) is 0 Å². The van der Waals surface area contributed by atoms with Crippen molar-refractivity contribution in [2.45, 2.75) is 26.3 Å². The van der Waals surface area contributed by atoms with E-state index in [-0.39, 0.29) is 24.2 Å². The van der Waals surface area contributed by atoms with Crippen molar-refractivity contribution in [3.8, 4) is 6.07 Å². The molecule has 5 heteroatoms. The maximum Gasteiger partial charge on any atom is 0.227 e. The Bertz CT molecular complexity index is 559. The maximum atomic E-state index is 12.0. The summed E-state index contributed by atoms with van der Waals surface area (Å²) in [5, 5.41) is 11.3. The van der Waals surface area contributed by atoms with Crippen molar-refractivity contribution in [2.24, 2.45) is 5.92 Å². The molecule has 0 unspecified atom stereocenters. The second kappa shape index (κ2) is 5.74. The van der Waals surface area contributed by atoms with Crippen LogP contribution in [-0.2, 0) is 9.59 Å². The van der Waals surface area contributed by atoms with Gasteiger partial charge in [-0.1, -0.05) is 17.7 Å². The molecule has 5 nitrogen and oxygen atoms in total. The average Bonchev–Trinajstić information content (AvgIpc) is 2.81. The first-order valence-electron chi connectivity index (χ1n) is 6.58. The number of amides is 2. The van der Waals surface area contributed by atoms with Crippen LogP contribution >= 0.6 is 0 Å². The predicted molar refractivity (Wildman–Crippen MR) is 74.9 cm³/mol. The van der Waals surface area contributed by atoms with Gasteiger partial charge in [-0.15, -0.1) is 0 Å². The lowest BCUT2D eigenvalue weighted by Gasteiger charge is -2.17. The molecule has 0 radical (unpaired) electrons. The van der Waals surface area contributed by atoms with Crippen molar-refractivity contribution in [3.63, 3.8) is 0 Å². The topological polar surface area (TPSA) is 73.2 Å². The SMILES string of the molecule is Cc1ccc(N2C[C@H](C(=O)N[C@@H](C)C#N)CC2=O)cc1. The standard InChI is InChI=1S/C15H17N3O2/c1-10-3-5-13(6-4-10)18-9-12(7-14(18)19)15(20)17-11(2)8-16/h3-6,11-12H,7,9H2,1-2H3,(H,17,20)/t11-,12+/m0/s1. The summed E-state index contributed by atoms with van der Waals surface area (Å²) in [5.41, 5.74) is 1.93. The molecular weight excluding hydrogens is 254 g/mol. The van der Waals surface area contributed by atoms with Crippen LogP contribution in [0.3, 0.4) is 0 Å². The van der Waals surface area contributed by atoms with Crippen LogP contribution in [0.1, 0.15) is 18.9 Å². The van der Waals surface area contributed by atoms with Crippen molar-refractivity contribution in [2.75, 3.05) is 11.4 Å². The Morgan fingerprint density at radius 2 is 2.10 bits per heavy atom. The highest BCUT2D eigenvalue weighted by Gasteiger charge is 2.35. The van der Waals surface area contributed by atoms with Gasteiger partial charge in [-0.3, -0.25) is 9.59 Å². The number of hydrogen-bond donors (Lipinski definition) is 1. The average molecular weight is 271 g/mol. The first-order valence-corrected chi connectivity index (χ1v) is 6.58. The normalized spacial score (nSPS) is 19.6. The second-order valence-electron chi connectivity index (χ2n) is 5.10. The van der Waals surface area contributed by atoms with Crippen molar-refractivity contribution in [1.82, 2.24) is 5.32 Å². The minimum atomic E-state index is -0.536. The summed E-state index contributed by atoms with van der Waals surface area (Å²) in [6, 6.07) is 9.05. The lowest BCUT2D eigenvalue weighted by atomic mass is 10.1. The number of hydrogen-bond acceptors (Lipinski definition) is 3. The number of rotatable bonds is 3. The van der Waals surface area contributed by atoms with Crippen LogP contribution in [0.2, 0.25) is 0 Å². The Kier molecular flexibility index (Phi) is 4.04. The van der Waals surface area contributed by atoms with Gasteiger partial charge in [0, 0.05) is 18.7 Å². The molecule has 1 aliphatic heterocycles. The number of carbonyl (C=O) groups excluding carboxylic acids is 2. The largest absolute Gasteiger partial charge is 0.340 e. The fourth-order valence-electron chi connectivity index (χ4n) is 2.22. The molecule has 2 atom stereocenters. The Hall–Kier alpha value is -2.35. The molecule has 1 heterocycles. The number of nitrogens with zero attached hydrogens (tertiary/aromatic N) is 2. The number of nitriles is 1. The van der Waals surface area contributed by atoms with Gasteiger partial charge < -0.3 is 10.2 Å². The zero-order valence-electron chi connectivity index (χ0n) is 11.6. The Morgan fingerprint density at radius 1 is 1.45 bits per heavy atom. The highest BCUT2D eigenvalue weighted by atomic mass is 16.2. The first-order chi connectivity index (χ1) is 9.51. The molecule has 2 rings (SSSR count). The van der Waals surface area contributed by atoms with Crippen LogP contribution in [0.25, 0.3) is 0 Å². The predicted octanol–water partition coefficient (Wildman–Crippen LogP) is 1.38. The zero-order chi connectivity index (χ0) is 14.7. The van der Waals surface area contributed by atoms with Crippen LogP contribution in [-0.4, -0.2) is 24.4 Å². The van der Waals surface area contributed by atoms with E-state index in [4.69, 9.17) is 5.26 Å².